The minimum absolute atomic E-state index is 0.552. The third-order valence-electron chi connectivity index (χ3n) is 3.83. The first-order valence-electron chi connectivity index (χ1n) is 6.71. The first-order chi connectivity index (χ1) is 8.40. The lowest BCUT2D eigenvalue weighted by Crippen LogP contribution is -2.28. The number of hydrogen-bond donors (Lipinski definition) is 1. The second-order valence-electron chi connectivity index (χ2n) is 4.87. The summed E-state index contributed by atoms with van der Waals surface area (Å²) in [7, 11) is 0. The van der Waals surface area contributed by atoms with Gasteiger partial charge in [0.05, 0.1) is 0 Å². The number of piperidine rings is 1. The fraction of sp³-hybridized carbons (Fsp3) is 0.467. The van der Waals surface area contributed by atoms with Crippen molar-refractivity contribution in [3.63, 3.8) is 0 Å². The summed E-state index contributed by atoms with van der Waals surface area (Å²) in [4.78, 5) is 0. The first-order valence-corrected chi connectivity index (χ1v) is 6.71. The topological polar surface area (TPSA) is 17.0 Å². The Labute approximate surface area is 103 Å². The van der Waals surface area contributed by atoms with Crippen LogP contribution in [0.15, 0.2) is 30.3 Å². The molecule has 2 aromatic rings. The molecule has 0 saturated carbocycles. The molecule has 1 aliphatic rings. The van der Waals surface area contributed by atoms with Gasteiger partial charge in [0.25, 0.3) is 0 Å². The highest BCUT2D eigenvalue weighted by Crippen LogP contribution is 2.28. The molecule has 2 heterocycles. The van der Waals surface area contributed by atoms with Crippen molar-refractivity contribution in [1.29, 1.82) is 0 Å². The lowest BCUT2D eigenvalue weighted by molar-refractivity contribution is 0.396. The van der Waals surface area contributed by atoms with Gasteiger partial charge in [0.1, 0.15) is 0 Å². The second kappa shape index (κ2) is 4.53. The highest BCUT2D eigenvalue weighted by molar-refractivity contribution is 5.81. The molecule has 0 amide bonds. The Kier molecular flexibility index (Phi) is 2.89. The summed E-state index contributed by atoms with van der Waals surface area (Å²) in [6.45, 7) is 4.45. The Morgan fingerprint density at radius 1 is 1.29 bits per heavy atom. The van der Waals surface area contributed by atoms with Gasteiger partial charge >= 0.3 is 0 Å². The van der Waals surface area contributed by atoms with Crippen molar-refractivity contribution in [2.24, 2.45) is 0 Å². The van der Waals surface area contributed by atoms with Crippen molar-refractivity contribution in [1.82, 2.24) is 9.88 Å². The van der Waals surface area contributed by atoms with E-state index in [9.17, 15) is 0 Å². The van der Waals surface area contributed by atoms with E-state index in [1.165, 1.54) is 35.9 Å². The maximum absolute atomic E-state index is 3.65. The number of rotatable bonds is 2. The van der Waals surface area contributed by atoms with Gasteiger partial charge in [0.15, 0.2) is 0 Å². The van der Waals surface area contributed by atoms with E-state index in [-0.39, 0.29) is 0 Å². The number of nitrogens with one attached hydrogen (secondary N) is 1. The van der Waals surface area contributed by atoms with Crippen molar-refractivity contribution in [3.8, 4) is 0 Å². The minimum Gasteiger partial charge on any atom is -0.343 e. The molecule has 1 aromatic carbocycles. The van der Waals surface area contributed by atoms with E-state index in [0.29, 0.717) is 6.04 Å². The molecule has 0 unspecified atom stereocenters. The summed E-state index contributed by atoms with van der Waals surface area (Å²) in [6, 6.07) is 11.6. The zero-order chi connectivity index (χ0) is 11.7. The van der Waals surface area contributed by atoms with Crippen LogP contribution in [0.25, 0.3) is 10.9 Å². The number of fused-ring (bicyclic) bond motifs is 1. The molecule has 2 heteroatoms. The Bertz CT molecular complexity index is 507. The lowest BCUT2D eigenvalue weighted by atomic mass is 10.0. The Morgan fingerprint density at radius 3 is 2.94 bits per heavy atom. The largest absolute Gasteiger partial charge is 0.343 e. The molecule has 1 saturated heterocycles. The van der Waals surface area contributed by atoms with Crippen molar-refractivity contribution in [2.75, 3.05) is 6.54 Å². The molecule has 0 bridgehead atoms. The van der Waals surface area contributed by atoms with Gasteiger partial charge in [-0.15, -0.1) is 0 Å². The van der Waals surface area contributed by atoms with Gasteiger partial charge in [-0.25, -0.2) is 0 Å². The van der Waals surface area contributed by atoms with Crippen LogP contribution in [0.2, 0.25) is 0 Å². The van der Waals surface area contributed by atoms with Crippen molar-refractivity contribution < 1.29 is 0 Å². The van der Waals surface area contributed by atoms with Crippen LogP contribution in [-0.2, 0) is 6.54 Å². The standard InChI is InChI=1S/C15H20N2/c1-2-17-14-9-4-3-7-12(14)11-15(17)13-8-5-6-10-16-13/h3-4,7,9,11,13,16H,2,5-6,8,10H2,1H3/t13-/m1/s1. The molecular weight excluding hydrogens is 208 g/mol. The number of aryl methyl sites for hydroxylation is 1. The highest BCUT2D eigenvalue weighted by atomic mass is 15.0. The predicted molar refractivity (Wildman–Crippen MR) is 72.2 cm³/mol. The van der Waals surface area contributed by atoms with Gasteiger partial charge < -0.3 is 9.88 Å². The molecule has 17 heavy (non-hydrogen) atoms. The number of nitrogens with zero attached hydrogens (tertiary/aromatic N) is 1. The van der Waals surface area contributed by atoms with Gasteiger partial charge in [-0.3, -0.25) is 0 Å². The van der Waals surface area contributed by atoms with E-state index >= 15 is 0 Å². The van der Waals surface area contributed by atoms with Crippen LogP contribution in [0.4, 0.5) is 0 Å². The summed E-state index contributed by atoms with van der Waals surface area (Å²) < 4.78 is 2.46. The maximum Gasteiger partial charge on any atom is 0.0482 e. The van der Waals surface area contributed by atoms with Crippen LogP contribution in [0.3, 0.4) is 0 Å². The average Bonchev–Trinajstić information content (AvgIpc) is 2.78. The molecule has 0 radical (unpaired) electrons. The Hall–Kier alpha value is -1.28. The fourth-order valence-electron chi connectivity index (χ4n) is 2.98. The van der Waals surface area contributed by atoms with Gasteiger partial charge in [-0.1, -0.05) is 24.6 Å². The van der Waals surface area contributed by atoms with E-state index in [4.69, 9.17) is 0 Å². The number of aromatic nitrogens is 1. The normalized spacial score (nSPS) is 20.9. The Balaban J connectivity index is 2.08. The van der Waals surface area contributed by atoms with Crippen LogP contribution >= 0.6 is 0 Å². The molecule has 1 atom stereocenters. The fourth-order valence-corrected chi connectivity index (χ4v) is 2.98. The average molecular weight is 228 g/mol. The third kappa shape index (κ3) is 1.87. The number of para-hydroxylation sites is 1. The van der Waals surface area contributed by atoms with Crippen LogP contribution < -0.4 is 5.32 Å². The summed E-state index contributed by atoms with van der Waals surface area (Å²) in [6.07, 6.45) is 3.95. The van der Waals surface area contributed by atoms with Gasteiger partial charge in [-0.2, -0.15) is 0 Å². The molecule has 2 nitrogen and oxygen atoms in total. The van der Waals surface area contributed by atoms with Crippen LogP contribution in [0.1, 0.15) is 37.9 Å². The maximum atomic E-state index is 3.65. The smallest absolute Gasteiger partial charge is 0.0482 e. The van der Waals surface area contributed by atoms with Gasteiger partial charge in [0.2, 0.25) is 0 Å². The van der Waals surface area contributed by atoms with E-state index in [2.05, 4.69) is 47.1 Å². The number of benzene rings is 1. The zero-order valence-corrected chi connectivity index (χ0v) is 10.4. The summed E-state index contributed by atoms with van der Waals surface area (Å²) >= 11 is 0. The molecule has 1 aliphatic heterocycles. The molecule has 0 aliphatic carbocycles. The van der Waals surface area contributed by atoms with Crippen LogP contribution in [0, 0.1) is 0 Å². The van der Waals surface area contributed by atoms with Crippen molar-refractivity contribution in [2.45, 2.75) is 38.8 Å². The van der Waals surface area contributed by atoms with Gasteiger partial charge in [0, 0.05) is 23.8 Å². The Morgan fingerprint density at radius 2 is 2.18 bits per heavy atom. The molecule has 90 valence electrons. The second-order valence-corrected chi connectivity index (χ2v) is 4.87. The summed E-state index contributed by atoms with van der Waals surface area (Å²) in [5.74, 6) is 0. The molecule has 1 aromatic heterocycles. The predicted octanol–water partition coefficient (Wildman–Crippen LogP) is 3.48. The monoisotopic (exact) mass is 228 g/mol. The van der Waals surface area contributed by atoms with Crippen molar-refractivity contribution >= 4 is 10.9 Å². The summed E-state index contributed by atoms with van der Waals surface area (Å²) in [5, 5.41) is 5.02. The number of hydrogen-bond acceptors (Lipinski definition) is 1. The highest BCUT2D eigenvalue weighted by Gasteiger charge is 2.19. The van der Waals surface area contributed by atoms with Crippen molar-refractivity contribution in [3.05, 3.63) is 36.0 Å². The molecule has 3 rings (SSSR count). The molecule has 1 N–H and O–H groups in total. The van der Waals surface area contributed by atoms with Crippen LogP contribution in [-0.4, -0.2) is 11.1 Å². The first kappa shape index (κ1) is 10.8. The molecular formula is C15H20N2. The quantitative estimate of drug-likeness (QED) is 0.832. The third-order valence-corrected chi connectivity index (χ3v) is 3.83. The van der Waals surface area contributed by atoms with E-state index in [0.717, 1.165) is 13.1 Å². The summed E-state index contributed by atoms with van der Waals surface area (Å²) in [5.41, 5.74) is 2.84. The minimum atomic E-state index is 0.552. The van der Waals surface area contributed by atoms with Crippen LogP contribution in [0.5, 0.6) is 0 Å². The molecule has 0 spiro atoms. The SMILES string of the molecule is CCn1c([C@H]2CCCCN2)cc2ccccc21. The van der Waals surface area contributed by atoms with Gasteiger partial charge in [-0.05, 0) is 43.8 Å². The van der Waals surface area contributed by atoms with E-state index < -0.39 is 0 Å². The van der Waals surface area contributed by atoms with E-state index in [1.54, 1.807) is 0 Å². The zero-order valence-electron chi connectivity index (χ0n) is 10.4. The molecule has 1 fully saturated rings. The van der Waals surface area contributed by atoms with E-state index in [1.807, 2.05) is 0 Å². The lowest BCUT2D eigenvalue weighted by Gasteiger charge is -2.24.